The Kier molecular flexibility index (Phi) is 6.95. The number of ether oxygens (including phenoxy) is 2. The van der Waals surface area contributed by atoms with Gasteiger partial charge in [-0.2, -0.15) is 13.2 Å². The fourth-order valence-corrected chi connectivity index (χ4v) is 3.24. The van der Waals surface area contributed by atoms with Gasteiger partial charge in [0.1, 0.15) is 0 Å². The molecule has 1 aromatic rings. The van der Waals surface area contributed by atoms with Gasteiger partial charge in [-0.3, -0.25) is 4.90 Å². The molecule has 1 heterocycles. The molecule has 1 aliphatic heterocycles. The van der Waals surface area contributed by atoms with E-state index >= 15 is 0 Å². The Morgan fingerprint density at radius 3 is 2.64 bits per heavy atom. The van der Waals surface area contributed by atoms with Crippen LogP contribution < -0.4 is 15.2 Å². The van der Waals surface area contributed by atoms with Crippen LogP contribution in [0.25, 0.3) is 0 Å². The largest absolute Gasteiger partial charge is 0.490 e. The number of hydrogen-bond acceptors (Lipinski definition) is 4. The fraction of sp³-hybridized carbons (Fsp3) is 0.667. The van der Waals surface area contributed by atoms with Gasteiger partial charge in [0.15, 0.2) is 18.1 Å². The summed E-state index contributed by atoms with van der Waals surface area (Å²) in [6, 6.07) is 5.52. The first-order valence-corrected chi connectivity index (χ1v) is 8.75. The molecule has 1 aromatic carbocycles. The molecule has 0 spiro atoms. The molecule has 1 fully saturated rings. The van der Waals surface area contributed by atoms with Gasteiger partial charge < -0.3 is 15.2 Å². The maximum absolute atomic E-state index is 12.4. The van der Waals surface area contributed by atoms with Crippen LogP contribution in [0.5, 0.6) is 11.5 Å². The lowest BCUT2D eigenvalue weighted by atomic mass is 9.96. The maximum atomic E-state index is 12.4. The second-order valence-corrected chi connectivity index (χ2v) is 6.51. The number of benzene rings is 1. The van der Waals surface area contributed by atoms with Crippen molar-refractivity contribution in [1.82, 2.24) is 4.90 Å². The summed E-state index contributed by atoms with van der Waals surface area (Å²) >= 11 is 0. The standard InChI is InChI=1S/C18H27F3N2O2/c1-3-24-17-10-14(7-8-16(17)25-12-18(19,20)21)11-23-9-5-4-6-15(23)13(2)22/h7-8,10,13,15H,3-6,9,11-12,22H2,1-2H3. The first-order chi connectivity index (χ1) is 11.8. The van der Waals surface area contributed by atoms with Crippen LogP contribution in [-0.2, 0) is 6.54 Å². The molecule has 2 N–H and O–H groups in total. The van der Waals surface area contributed by atoms with E-state index < -0.39 is 12.8 Å². The summed E-state index contributed by atoms with van der Waals surface area (Å²) in [6.07, 6.45) is -0.991. The van der Waals surface area contributed by atoms with E-state index in [4.69, 9.17) is 15.2 Å². The van der Waals surface area contributed by atoms with Gasteiger partial charge in [0, 0.05) is 18.6 Å². The zero-order chi connectivity index (χ0) is 18.4. The van der Waals surface area contributed by atoms with Crippen LogP contribution in [0.1, 0.15) is 38.7 Å². The van der Waals surface area contributed by atoms with Gasteiger partial charge >= 0.3 is 6.18 Å². The number of nitrogens with two attached hydrogens (primary N) is 1. The Labute approximate surface area is 147 Å². The zero-order valence-electron chi connectivity index (χ0n) is 14.8. The molecular weight excluding hydrogens is 333 g/mol. The Balaban J connectivity index is 2.11. The van der Waals surface area contributed by atoms with Crippen molar-refractivity contribution in [2.75, 3.05) is 19.8 Å². The Hall–Kier alpha value is -1.47. The van der Waals surface area contributed by atoms with E-state index in [-0.39, 0.29) is 11.8 Å². The highest BCUT2D eigenvalue weighted by atomic mass is 19.4. The summed E-state index contributed by atoms with van der Waals surface area (Å²) in [5, 5.41) is 0. The van der Waals surface area contributed by atoms with Crippen molar-refractivity contribution in [3.05, 3.63) is 23.8 Å². The molecule has 0 aromatic heterocycles. The van der Waals surface area contributed by atoms with E-state index in [2.05, 4.69) is 4.90 Å². The van der Waals surface area contributed by atoms with Crippen LogP contribution in [0.3, 0.4) is 0 Å². The summed E-state index contributed by atoms with van der Waals surface area (Å²) < 4.78 is 47.5. The Morgan fingerprint density at radius 2 is 2.00 bits per heavy atom. The molecule has 2 rings (SSSR count). The first kappa shape index (κ1) is 19.8. The van der Waals surface area contributed by atoms with E-state index in [1.54, 1.807) is 25.1 Å². The average Bonchev–Trinajstić information content (AvgIpc) is 2.54. The SMILES string of the molecule is CCOc1cc(CN2CCCCC2C(C)N)ccc1OCC(F)(F)F. The van der Waals surface area contributed by atoms with Crippen LogP contribution in [0.4, 0.5) is 13.2 Å². The molecule has 0 radical (unpaired) electrons. The lowest BCUT2D eigenvalue weighted by Crippen LogP contribution is -2.48. The summed E-state index contributed by atoms with van der Waals surface area (Å²) in [5.74, 6) is 0.462. The van der Waals surface area contributed by atoms with Crippen molar-refractivity contribution in [1.29, 1.82) is 0 Å². The highest BCUT2D eigenvalue weighted by molar-refractivity contribution is 5.43. The second kappa shape index (κ2) is 8.76. The molecular formula is C18H27F3N2O2. The molecule has 2 atom stereocenters. The molecule has 1 saturated heterocycles. The predicted molar refractivity (Wildman–Crippen MR) is 90.9 cm³/mol. The van der Waals surface area contributed by atoms with Gasteiger partial charge in [0.25, 0.3) is 0 Å². The van der Waals surface area contributed by atoms with Crippen LogP contribution in [0.2, 0.25) is 0 Å². The van der Waals surface area contributed by atoms with Gasteiger partial charge in [0.05, 0.1) is 6.61 Å². The molecule has 7 heteroatoms. The van der Waals surface area contributed by atoms with E-state index in [1.165, 1.54) is 6.42 Å². The molecule has 0 aliphatic carbocycles. The van der Waals surface area contributed by atoms with E-state index in [0.29, 0.717) is 24.9 Å². The number of hydrogen-bond donors (Lipinski definition) is 1. The third kappa shape index (κ3) is 6.08. The zero-order valence-corrected chi connectivity index (χ0v) is 14.8. The number of halogens is 3. The molecule has 4 nitrogen and oxygen atoms in total. The highest BCUT2D eigenvalue weighted by Gasteiger charge is 2.29. The Morgan fingerprint density at radius 1 is 1.24 bits per heavy atom. The van der Waals surface area contributed by atoms with E-state index in [0.717, 1.165) is 24.9 Å². The van der Waals surface area contributed by atoms with Gasteiger partial charge in [-0.05, 0) is 50.9 Å². The fourth-order valence-electron chi connectivity index (χ4n) is 3.24. The molecule has 0 amide bonds. The summed E-state index contributed by atoms with van der Waals surface area (Å²) in [6.45, 7) is 4.51. The minimum atomic E-state index is -4.37. The minimum absolute atomic E-state index is 0.0843. The normalized spacial score (nSPS) is 20.3. The van der Waals surface area contributed by atoms with E-state index in [9.17, 15) is 13.2 Å². The summed E-state index contributed by atoms with van der Waals surface area (Å²) in [7, 11) is 0. The van der Waals surface area contributed by atoms with Crippen molar-refractivity contribution in [2.24, 2.45) is 5.73 Å². The van der Waals surface area contributed by atoms with Crippen molar-refractivity contribution >= 4 is 0 Å². The summed E-state index contributed by atoms with van der Waals surface area (Å²) in [5.41, 5.74) is 7.08. The first-order valence-electron chi connectivity index (χ1n) is 8.75. The van der Waals surface area contributed by atoms with Crippen LogP contribution in [0.15, 0.2) is 18.2 Å². The third-order valence-electron chi connectivity index (χ3n) is 4.36. The second-order valence-electron chi connectivity index (χ2n) is 6.51. The average molecular weight is 360 g/mol. The van der Waals surface area contributed by atoms with Gasteiger partial charge in [-0.1, -0.05) is 12.5 Å². The van der Waals surface area contributed by atoms with Gasteiger partial charge in [-0.15, -0.1) is 0 Å². The number of rotatable bonds is 7. The molecule has 1 aliphatic rings. The maximum Gasteiger partial charge on any atom is 0.422 e. The lowest BCUT2D eigenvalue weighted by molar-refractivity contribution is -0.153. The smallest absolute Gasteiger partial charge is 0.422 e. The third-order valence-corrected chi connectivity index (χ3v) is 4.36. The molecule has 2 unspecified atom stereocenters. The van der Waals surface area contributed by atoms with Crippen LogP contribution in [0, 0.1) is 0 Å². The van der Waals surface area contributed by atoms with Crippen molar-refractivity contribution in [3.63, 3.8) is 0 Å². The number of piperidine rings is 1. The van der Waals surface area contributed by atoms with Crippen molar-refractivity contribution in [3.8, 4) is 11.5 Å². The summed E-state index contributed by atoms with van der Waals surface area (Å²) in [4.78, 5) is 2.34. The van der Waals surface area contributed by atoms with Crippen LogP contribution in [-0.4, -0.2) is 42.9 Å². The van der Waals surface area contributed by atoms with Crippen LogP contribution >= 0.6 is 0 Å². The predicted octanol–water partition coefficient (Wildman–Crippen LogP) is 3.73. The molecule has 142 valence electrons. The van der Waals surface area contributed by atoms with E-state index in [1.807, 2.05) is 6.92 Å². The van der Waals surface area contributed by atoms with Gasteiger partial charge in [-0.25, -0.2) is 0 Å². The monoisotopic (exact) mass is 360 g/mol. The minimum Gasteiger partial charge on any atom is -0.490 e. The topological polar surface area (TPSA) is 47.7 Å². The molecule has 25 heavy (non-hydrogen) atoms. The number of likely N-dealkylation sites (tertiary alicyclic amines) is 1. The molecule has 0 bridgehead atoms. The van der Waals surface area contributed by atoms with Crippen molar-refractivity contribution < 1.29 is 22.6 Å². The lowest BCUT2D eigenvalue weighted by Gasteiger charge is -2.38. The number of nitrogens with zero attached hydrogens (tertiary/aromatic N) is 1. The molecule has 0 saturated carbocycles. The highest BCUT2D eigenvalue weighted by Crippen LogP contribution is 2.31. The quantitative estimate of drug-likeness (QED) is 0.805. The van der Waals surface area contributed by atoms with Gasteiger partial charge in [0.2, 0.25) is 0 Å². The number of alkyl halides is 3. The van der Waals surface area contributed by atoms with Crippen molar-refractivity contribution in [2.45, 2.75) is 57.9 Å². The Bertz CT molecular complexity index is 550.